The molecule has 1 aromatic rings. The maximum Gasteiger partial charge on any atom is 0.223 e. The fourth-order valence-electron chi connectivity index (χ4n) is 1.35. The van der Waals surface area contributed by atoms with Crippen LogP contribution < -0.4 is 5.32 Å². The highest BCUT2D eigenvalue weighted by atomic mass is 16.5. The van der Waals surface area contributed by atoms with E-state index in [0.29, 0.717) is 12.0 Å². The molecule has 13 heavy (non-hydrogen) atoms. The van der Waals surface area contributed by atoms with Gasteiger partial charge in [-0.1, -0.05) is 0 Å². The Balaban J connectivity index is 2.00. The van der Waals surface area contributed by atoms with Crippen molar-refractivity contribution in [1.29, 1.82) is 0 Å². The molecule has 1 aliphatic heterocycles. The van der Waals surface area contributed by atoms with Gasteiger partial charge in [0.25, 0.3) is 0 Å². The molecule has 4 nitrogen and oxygen atoms in total. The molecule has 0 aromatic carbocycles. The molecule has 0 saturated carbocycles. The third-order valence-corrected chi connectivity index (χ3v) is 2.06. The number of nitrogens with zero attached hydrogens (tertiary/aromatic N) is 2. The molecule has 0 radical (unpaired) electrons. The first-order chi connectivity index (χ1) is 6.34. The Kier molecular flexibility index (Phi) is 2.40. The van der Waals surface area contributed by atoms with Crippen molar-refractivity contribution in [3.8, 4) is 0 Å². The van der Waals surface area contributed by atoms with E-state index < -0.39 is 0 Å². The molecule has 1 N–H and O–H groups in total. The molecular weight excluding hydrogens is 166 g/mol. The Hall–Kier alpha value is -1.16. The van der Waals surface area contributed by atoms with Crippen molar-refractivity contribution in [2.75, 3.05) is 18.5 Å². The minimum atomic E-state index is 0.377. The molecule has 1 aromatic heterocycles. The standard InChI is InChI=1S/C9H13N3O/c1-7-2-4-10-9(11-7)12-8-3-5-13-6-8/h2,4,8H,3,5-6H2,1H3,(H,10,11,12). The van der Waals surface area contributed by atoms with Gasteiger partial charge in [-0.05, 0) is 19.4 Å². The van der Waals surface area contributed by atoms with Crippen molar-refractivity contribution in [3.05, 3.63) is 18.0 Å². The first kappa shape index (κ1) is 8.44. The van der Waals surface area contributed by atoms with Gasteiger partial charge in [-0.3, -0.25) is 0 Å². The van der Waals surface area contributed by atoms with E-state index in [9.17, 15) is 0 Å². The highest BCUT2D eigenvalue weighted by Crippen LogP contribution is 2.09. The Bertz CT molecular complexity index is 284. The molecule has 0 spiro atoms. The number of aryl methyl sites for hydroxylation is 1. The topological polar surface area (TPSA) is 47.0 Å². The van der Waals surface area contributed by atoms with E-state index in [1.807, 2.05) is 13.0 Å². The van der Waals surface area contributed by atoms with Crippen LogP contribution in [0.2, 0.25) is 0 Å². The summed E-state index contributed by atoms with van der Waals surface area (Å²) in [5.41, 5.74) is 0.983. The van der Waals surface area contributed by atoms with E-state index in [4.69, 9.17) is 4.74 Å². The Morgan fingerprint density at radius 1 is 1.62 bits per heavy atom. The van der Waals surface area contributed by atoms with Gasteiger partial charge in [-0.25, -0.2) is 9.97 Å². The molecule has 2 heterocycles. The Morgan fingerprint density at radius 3 is 3.23 bits per heavy atom. The zero-order valence-electron chi connectivity index (χ0n) is 7.66. The lowest BCUT2D eigenvalue weighted by Crippen LogP contribution is -2.20. The number of anilines is 1. The van der Waals surface area contributed by atoms with Gasteiger partial charge < -0.3 is 10.1 Å². The smallest absolute Gasteiger partial charge is 0.223 e. The fraction of sp³-hybridized carbons (Fsp3) is 0.556. The fourth-order valence-corrected chi connectivity index (χ4v) is 1.35. The summed E-state index contributed by atoms with van der Waals surface area (Å²) in [5.74, 6) is 0.704. The van der Waals surface area contributed by atoms with Crippen molar-refractivity contribution in [2.24, 2.45) is 0 Å². The molecule has 0 bridgehead atoms. The quantitative estimate of drug-likeness (QED) is 0.735. The molecule has 1 unspecified atom stereocenters. The zero-order chi connectivity index (χ0) is 9.10. The van der Waals surface area contributed by atoms with E-state index in [2.05, 4.69) is 15.3 Å². The minimum absolute atomic E-state index is 0.377. The number of aromatic nitrogens is 2. The van der Waals surface area contributed by atoms with Crippen LogP contribution in [0.15, 0.2) is 12.3 Å². The van der Waals surface area contributed by atoms with Crippen LogP contribution >= 0.6 is 0 Å². The van der Waals surface area contributed by atoms with Gasteiger partial charge in [0, 0.05) is 18.5 Å². The molecule has 0 aliphatic carbocycles. The summed E-state index contributed by atoms with van der Waals surface area (Å²) in [6, 6.07) is 2.26. The Morgan fingerprint density at radius 2 is 2.54 bits per heavy atom. The third-order valence-electron chi connectivity index (χ3n) is 2.06. The molecule has 2 rings (SSSR count). The molecule has 70 valence electrons. The van der Waals surface area contributed by atoms with Crippen LogP contribution in [-0.2, 0) is 4.74 Å². The molecule has 1 saturated heterocycles. The van der Waals surface area contributed by atoms with Crippen molar-refractivity contribution in [3.63, 3.8) is 0 Å². The van der Waals surface area contributed by atoms with Crippen molar-refractivity contribution in [1.82, 2.24) is 9.97 Å². The highest BCUT2D eigenvalue weighted by molar-refractivity contribution is 5.26. The first-order valence-corrected chi connectivity index (χ1v) is 4.48. The van der Waals surface area contributed by atoms with E-state index in [-0.39, 0.29) is 0 Å². The van der Waals surface area contributed by atoms with Gasteiger partial charge >= 0.3 is 0 Å². The van der Waals surface area contributed by atoms with Crippen LogP contribution in [0.5, 0.6) is 0 Å². The minimum Gasteiger partial charge on any atom is -0.379 e. The van der Waals surface area contributed by atoms with E-state index in [1.165, 1.54) is 0 Å². The molecule has 1 aliphatic rings. The summed E-state index contributed by atoms with van der Waals surface area (Å²) >= 11 is 0. The summed E-state index contributed by atoms with van der Waals surface area (Å²) in [7, 11) is 0. The van der Waals surface area contributed by atoms with Crippen LogP contribution in [0.4, 0.5) is 5.95 Å². The van der Waals surface area contributed by atoms with Crippen LogP contribution in [0.25, 0.3) is 0 Å². The van der Waals surface area contributed by atoms with Crippen LogP contribution in [-0.4, -0.2) is 29.2 Å². The number of nitrogens with one attached hydrogen (secondary N) is 1. The Labute approximate surface area is 77.4 Å². The normalized spacial score (nSPS) is 21.8. The summed E-state index contributed by atoms with van der Waals surface area (Å²) in [6.07, 6.45) is 2.80. The molecular formula is C9H13N3O. The van der Waals surface area contributed by atoms with Crippen LogP contribution in [0.3, 0.4) is 0 Å². The lowest BCUT2D eigenvalue weighted by Gasteiger charge is -2.09. The highest BCUT2D eigenvalue weighted by Gasteiger charge is 2.15. The second kappa shape index (κ2) is 3.70. The van der Waals surface area contributed by atoms with Gasteiger partial charge in [0.05, 0.1) is 12.6 Å². The van der Waals surface area contributed by atoms with Gasteiger partial charge in [0.1, 0.15) is 0 Å². The average Bonchev–Trinajstić information content (AvgIpc) is 2.57. The number of ether oxygens (including phenoxy) is 1. The van der Waals surface area contributed by atoms with Gasteiger partial charge in [0.15, 0.2) is 0 Å². The summed E-state index contributed by atoms with van der Waals surface area (Å²) in [4.78, 5) is 8.38. The second-order valence-electron chi connectivity index (χ2n) is 3.23. The van der Waals surface area contributed by atoms with Crippen molar-refractivity contribution in [2.45, 2.75) is 19.4 Å². The largest absolute Gasteiger partial charge is 0.379 e. The summed E-state index contributed by atoms with van der Waals surface area (Å²) in [5, 5.41) is 3.23. The van der Waals surface area contributed by atoms with Gasteiger partial charge in [-0.2, -0.15) is 0 Å². The molecule has 1 atom stereocenters. The van der Waals surface area contributed by atoms with Crippen LogP contribution in [0.1, 0.15) is 12.1 Å². The SMILES string of the molecule is Cc1ccnc(NC2CCOC2)n1. The van der Waals surface area contributed by atoms with Crippen molar-refractivity contribution >= 4 is 5.95 Å². The number of rotatable bonds is 2. The van der Waals surface area contributed by atoms with E-state index in [1.54, 1.807) is 6.20 Å². The second-order valence-corrected chi connectivity index (χ2v) is 3.23. The first-order valence-electron chi connectivity index (χ1n) is 4.48. The third kappa shape index (κ3) is 2.15. The maximum absolute atomic E-state index is 5.24. The monoisotopic (exact) mass is 179 g/mol. The predicted molar refractivity (Wildman–Crippen MR) is 49.6 cm³/mol. The lowest BCUT2D eigenvalue weighted by atomic mass is 10.3. The number of hydrogen-bond donors (Lipinski definition) is 1. The predicted octanol–water partition coefficient (Wildman–Crippen LogP) is 0.986. The van der Waals surface area contributed by atoms with Gasteiger partial charge in [-0.15, -0.1) is 0 Å². The molecule has 0 amide bonds. The van der Waals surface area contributed by atoms with Crippen molar-refractivity contribution < 1.29 is 4.74 Å². The molecule has 4 heteroatoms. The summed E-state index contributed by atoms with van der Waals surface area (Å²) < 4.78 is 5.24. The van der Waals surface area contributed by atoms with Crippen LogP contribution in [0, 0.1) is 6.92 Å². The van der Waals surface area contributed by atoms with E-state index in [0.717, 1.165) is 25.3 Å². The lowest BCUT2D eigenvalue weighted by molar-refractivity contribution is 0.195. The van der Waals surface area contributed by atoms with Gasteiger partial charge in [0.2, 0.25) is 5.95 Å². The molecule has 1 fully saturated rings. The summed E-state index contributed by atoms with van der Waals surface area (Å²) in [6.45, 7) is 3.55. The maximum atomic E-state index is 5.24. The van der Waals surface area contributed by atoms with E-state index >= 15 is 0 Å². The number of hydrogen-bond acceptors (Lipinski definition) is 4. The zero-order valence-corrected chi connectivity index (χ0v) is 7.66. The average molecular weight is 179 g/mol.